The Kier molecular flexibility index (Phi) is 4.61. The number of hydrogen-bond donors (Lipinski definition) is 1. The quantitative estimate of drug-likeness (QED) is 0.884. The summed E-state index contributed by atoms with van der Waals surface area (Å²) in [4.78, 5) is 39.6. The Morgan fingerprint density at radius 1 is 1.22 bits per heavy atom. The molecule has 1 N–H and O–H groups in total. The maximum Gasteiger partial charge on any atom is 0.324 e. The molecule has 0 spiro atoms. The topological polar surface area (TPSA) is 69.7 Å². The minimum absolute atomic E-state index is 0.120. The number of nitrogens with one attached hydrogen (secondary N) is 1. The van der Waals surface area contributed by atoms with Gasteiger partial charge in [0, 0.05) is 25.0 Å². The molecule has 1 aromatic carbocycles. The number of amides is 4. The molecule has 1 unspecified atom stereocenters. The van der Waals surface area contributed by atoms with Crippen LogP contribution in [0.15, 0.2) is 18.2 Å². The maximum atomic E-state index is 13.6. The van der Waals surface area contributed by atoms with E-state index in [4.69, 9.17) is 0 Å². The number of benzene rings is 1. The summed E-state index contributed by atoms with van der Waals surface area (Å²) in [5.41, 5.74) is 1.77. The van der Waals surface area contributed by atoms with Crippen molar-refractivity contribution in [2.75, 3.05) is 13.1 Å². The average molecular weight is 373 g/mol. The van der Waals surface area contributed by atoms with Crippen molar-refractivity contribution < 1.29 is 18.8 Å². The Morgan fingerprint density at radius 2 is 1.93 bits per heavy atom. The molecule has 6 nitrogen and oxygen atoms in total. The molecule has 2 bridgehead atoms. The fourth-order valence-corrected chi connectivity index (χ4v) is 4.78. The second-order valence-electron chi connectivity index (χ2n) is 7.82. The Labute approximate surface area is 157 Å². The molecule has 0 aliphatic carbocycles. The lowest BCUT2D eigenvalue weighted by Crippen LogP contribution is -2.56. The summed E-state index contributed by atoms with van der Waals surface area (Å²) in [6, 6.07) is 5.03. The van der Waals surface area contributed by atoms with E-state index in [1.807, 2.05) is 17.0 Å². The smallest absolute Gasteiger partial charge is 0.324 e. The van der Waals surface area contributed by atoms with Gasteiger partial charge in [-0.05, 0) is 55.7 Å². The van der Waals surface area contributed by atoms with Gasteiger partial charge in [-0.15, -0.1) is 0 Å². The molecule has 4 amide bonds. The van der Waals surface area contributed by atoms with E-state index in [0.717, 1.165) is 36.1 Å². The van der Waals surface area contributed by atoms with Crippen LogP contribution in [0.25, 0.3) is 0 Å². The molecule has 0 saturated carbocycles. The highest BCUT2D eigenvalue weighted by molar-refractivity contribution is 6.00. The standard InChI is InChI=1S/C20H24FN3O3/c1-12-8-13(2-5-17(12)21)14-9-15-3-4-16(10-14)24(15)19(26)11-23-18(25)6-7-22-20(23)27/h2,5,8,14-16H,3-4,6-7,9-11H2,1H3,(H,22,27)/t14?,15-,16+. The van der Waals surface area contributed by atoms with E-state index in [-0.39, 0.29) is 42.7 Å². The van der Waals surface area contributed by atoms with Crippen LogP contribution in [-0.4, -0.2) is 52.8 Å². The molecule has 3 fully saturated rings. The molecule has 3 atom stereocenters. The first-order chi connectivity index (χ1) is 12.9. The molecule has 27 heavy (non-hydrogen) atoms. The number of aryl methyl sites for hydroxylation is 1. The SMILES string of the molecule is Cc1cc(C2C[C@H]3CC[C@@H](C2)N3C(=O)CN2C(=O)CCNC2=O)ccc1F. The maximum absolute atomic E-state index is 13.6. The number of hydrogen-bond acceptors (Lipinski definition) is 3. The number of halogens is 1. The van der Waals surface area contributed by atoms with Crippen LogP contribution in [-0.2, 0) is 9.59 Å². The molecule has 144 valence electrons. The number of piperidine rings is 1. The lowest BCUT2D eigenvalue weighted by atomic mass is 9.84. The summed E-state index contributed by atoms with van der Waals surface area (Å²) in [5.74, 6) is -0.331. The number of fused-ring (bicyclic) bond motifs is 2. The Morgan fingerprint density at radius 3 is 2.56 bits per heavy atom. The Bertz CT molecular complexity index is 767. The van der Waals surface area contributed by atoms with Gasteiger partial charge in [-0.2, -0.15) is 0 Å². The van der Waals surface area contributed by atoms with Crippen LogP contribution in [0.2, 0.25) is 0 Å². The van der Waals surface area contributed by atoms with Gasteiger partial charge in [-0.1, -0.05) is 12.1 Å². The zero-order valence-electron chi connectivity index (χ0n) is 15.4. The van der Waals surface area contributed by atoms with E-state index < -0.39 is 6.03 Å². The largest absolute Gasteiger partial charge is 0.337 e. The second kappa shape index (κ2) is 6.94. The number of imide groups is 1. The highest BCUT2D eigenvalue weighted by Gasteiger charge is 2.44. The summed E-state index contributed by atoms with van der Waals surface area (Å²) in [7, 11) is 0. The van der Waals surface area contributed by atoms with Gasteiger partial charge >= 0.3 is 6.03 Å². The van der Waals surface area contributed by atoms with Gasteiger partial charge in [0.2, 0.25) is 11.8 Å². The highest BCUT2D eigenvalue weighted by Crippen LogP contribution is 2.43. The van der Waals surface area contributed by atoms with Crippen molar-refractivity contribution in [3.05, 3.63) is 35.1 Å². The Balaban J connectivity index is 1.46. The van der Waals surface area contributed by atoms with Gasteiger partial charge in [0.05, 0.1) is 0 Å². The summed E-state index contributed by atoms with van der Waals surface area (Å²) in [6.07, 6.45) is 3.79. The van der Waals surface area contributed by atoms with Crippen LogP contribution >= 0.6 is 0 Å². The first-order valence-electron chi connectivity index (χ1n) is 9.59. The van der Waals surface area contributed by atoms with Crippen molar-refractivity contribution in [1.29, 1.82) is 0 Å². The molecule has 3 heterocycles. The molecule has 0 radical (unpaired) electrons. The summed E-state index contributed by atoms with van der Waals surface area (Å²) < 4.78 is 13.6. The predicted molar refractivity (Wildman–Crippen MR) is 96.5 cm³/mol. The minimum Gasteiger partial charge on any atom is -0.337 e. The van der Waals surface area contributed by atoms with Gasteiger partial charge in [0.15, 0.2) is 0 Å². The molecule has 0 aromatic heterocycles. The van der Waals surface area contributed by atoms with E-state index in [2.05, 4.69) is 5.32 Å². The average Bonchev–Trinajstić information content (AvgIpc) is 2.90. The van der Waals surface area contributed by atoms with E-state index in [1.165, 1.54) is 6.07 Å². The number of carbonyl (C=O) groups excluding carboxylic acids is 3. The van der Waals surface area contributed by atoms with E-state index >= 15 is 0 Å². The molecule has 4 rings (SSSR count). The van der Waals surface area contributed by atoms with Crippen molar-refractivity contribution in [1.82, 2.24) is 15.1 Å². The molecule has 7 heteroatoms. The third-order valence-electron chi connectivity index (χ3n) is 6.13. The zero-order valence-corrected chi connectivity index (χ0v) is 15.4. The van der Waals surface area contributed by atoms with Gasteiger partial charge in [0.1, 0.15) is 12.4 Å². The van der Waals surface area contributed by atoms with Gasteiger partial charge in [-0.3, -0.25) is 14.5 Å². The van der Waals surface area contributed by atoms with Crippen molar-refractivity contribution in [2.24, 2.45) is 0 Å². The number of nitrogens with zero attached hydrogens (tertiary/aromatic N) is 2. The molecule has 3 aliphatic heterocycles. The molecule has 3 aliphatic rings. The van der Waals surface area contributed by atoms with E-state index in [1.54, 1.807) is 6.92 Å². The lowest BCUT2D eigenvalue weighted by molar-refractivity contribution is -0.141. The first-order valence-corrected chi connectivity index (χ1v) is 9.59. The van der Waals surface area contributed by atoms with Crippen LogP contribution in [0.4, 0.5) is 9.18 Å². The number of urea groups is 1. The molecule has 1 aromatic rings. The number of rotatable bonds is 3. The monoisotopic (exact) mass is 373 g/mol. The molecular formula is C20H24FN3O3. The van der Waals surface area contributed by atoms with E-state index in [0.29, 0.717) is 18.0 Å². The normalized spacial score (nSPS) is 27.7. The highest BCUT2D eigenvalue weighted by atomic mass is 19.1. The van der Waals surface area contributed by atoms with Crippen molar-refractivity contribution in [3.8, 4) is 0 Å². The van der Waals surface area contributed by atoms with Crippen molar-refractivity contribution >= 4 is 17.8 Å². The first kappa shape index (κ1) is 17.9. The van der Waals surface area contributed by atoms with Crippen LogP contribution in [0.5, 0.6) is 0 Å². The molecular weight excluding hydrogens is 349 g/mol. The van der Waals surface area contributed by atoms with Crippen molar-refractivity contribution in [2.45, 2.75) is 57.0 Å². The van der Waals surface area contributed by atoms with E-state index in [9.17, 15) is 18.8 Å². The zero-order chi connectivity index (χ0) is 19.1. The second-order valence-corrected chi connectivity index (χ2v) is 7.82. The fourth-order valence-electron chi connectivity index (χ4n) is 4.78. The van der Waals surface area contributed by atoms with Crippen LogP contribution in [0.3, 0.4) is 0 Å². The predicted octanol–water partition coefficient (Wildman–Crippen LogP) is 2.31. The third kappa shape index (κ3) is 3.31. The lowest BCUT2D eigenvalue weighted by Gasteiger charge is -2.40. The minimum atomic E-state index is -0.483. The fraction of sp³-hybridized carbons (Fsp3) is 0.550. The van der Waals surface area contributed by atoms with Gasteiger partial charge < -0.3 is 10.2 Å². The van der Waals surface area contributed by atoms with Gasteiger partial charge in [0.25, 0.3) is 0 Å². The number of carbonyl (C=O) groups is 3. The van der Waals surface area contributed by atoms with Crippen molar-refractivity contribution in [3.63, 3.8) is 0 Å². The third-order valence-corrected chi connectivity index (χ3v) is 6.13. The van der Waals surface area contributed by atoms with Gasteiger partial charge in [-0.25, -0.2) is 9.18 Å². The summed E-state index contributed by atoms with van der Waals surface area (Å²) in [6.45, 7) is 1.92. The van der Waals surface area contributed by atoms with Crippen LogP contribution in [0, 0.1) is 12.7 Å². The van der Waals surface area contributed by atoms with Crippen LogP contribution < -0.4 is 5.32 Å². The summed E-state index contributed by atoms with van der Waals surface area (Å²) >= 11 is 0. The Hall–Kier alpha value is -2.44. The molecule has 3 saturated heterocycles. The summed E-state index contributed by atoms with van der Waals surface area (Å²) in [5, 5.41) is 2.61. The van der Waals surface area contributed by atoms with Crippen LogP contribution in [0.1, 0.15) is 49.1 Å².